The number of benzene rings is 2. The minimum atomic E-state index is -0.849. The van der Waals surface area contributed by atoms with Crippen LogP contribution in [0.1, 0.15) is 87.9 Å². The zero-order chi connectivity index (χ0) is 30.5. The van der Waals surface area contributed by atoms with Crippen LogP contribution in [0.3, 0.4) is 0 Å². The van der Waals surface area contributed by atoms with Crippen molar-refractivity contribution in [1.82, 2.24) is 0 Å². The van der Waals surface area contributed by atoms with Crippen molar-refractivity contribution in [1.29, 1.82) is 0 Å². The number of hydrogen-bond acceptors (Lipinski definition) is 6. The maximum absolute atomic E-state index is 13.3. The van der Waals surface area contributed by atoms with Crippen molar-refractivity contribution < 1.29 is 38.1 Å². The lowest BCUT2D eigenvalue weighted by atomic mass is 9.88. The normalized spacial score (nSPS) is 19.3. The lowest BCUT2D eigenvalue weighted by molar-refractivity contribution is -0.134. The van der Waals surface area contributed by atoms with Gasteiger partial charge in [-0.05, 0) is 55.7 Å². The highest BCUT2D eigenvalue weighted by Crippen LogP contribution is 2.34. The van der Waals surface area contributed by atoms with E-state index in [1.807, 2.05) is 6.08 Å². The molecule has 0 aliphatic heterocycles. The van der Waals surface area contributed by atoms with Gasteiger partial charge in [-0.15, -0.1) is 0 Å². The largest absolute Gasteiger partial charge is 0.427 e. The minimum Gasteiger partial charge on any atom is -0.427 e. The summed E-state index contributed by atoms with van der Waals surface area (Å²) in [6, 6.07) is 8.63. The molecule has 42 heavy (non-hydrogen) atoms. The molecule has 7 nitrogen and oxygen atoms in total. The van der Waals surface area contributed by atoms with Gasteiger partial charge in [0.25, 0.3) is 5.91 Å². The van der Waals surface area contributed by atoms with Gasteiger partial charge in [-0.3, -0.25) is 14.4 Å². The Morgan fingerprint density at radius 3 is 2.40 bits per heavy atom. The second kappa shape index (κ2) is 16.9. The highest BCUT2D eigenvalue weighted by atomic mass is 19.1. The first-order chi connectivity index (χ1) is 20.2. The van der Waals surface area contributed by atoms with Gasteiger partial charge in [-0.2, -0.15) is 0 Å². The summed E-state index contributed by atoms with van der Waals surface area (Å²) in [5.41, 5.74) is 0.221. The number of aliphatic hydroxyl groups excluding tert-OH is 2. The van der Waals surface area contributed by atoms with Crippen LogP contribution in [0.2, 0.25) is 0 Å². The molecule has 1 saturated carbocycles. The van der Waals surface area contributed by atoms with Crippen molar-refractivity contribution in [3.05, 3.63) is 71.8 Å². The van der Waals surface area contributed by atoms with Gasteiger partial charge in [-0.25, -0.2) is 8.78 Å². The summed E-state index contributed by atoms with van der Waals surface area (Å²) in [4.78, 5) is 36.9. The predicted molar refractivity (Wildman–Crippen MR) is 156 cm³/mol. The Morgan fingerprint density at radius 1 is 1.02 bits per heavy atom. The molecule has 4 atom stereocenters. The van der Waals surface area contributed by atoms with Crippen molar-refractivity contribution in [2.45, 2.75) is 89.8 Å². The van der Waals surface area contributed by atoms with Crippen molar-refractivity contribution >= 4 is 23.3 Å². The molecule has 0 heterocycles. The molecular formula is C33H41F2NO6. The number of rotatable bonds is 16. The summed E-state index contributed by atoms with van der Waals surface area (Å²) in [6.07, 6.45) is 10.2. The molecule has 1 fully saturated rings. The molecule has 0 spiro atoms. The van der Waals surface area contributed by atoms with Crippen LogP contribution >= 0.6 is 0 Å². The fourth-order valence-corrected chi connectivity index (χ4v) is 5.21. The molecule has 3 N–H and O–H groups in total. The number of unbranched alkanes of at least 4 members (excludes halogenated alkanes) is 5. The second-order valence-electron chi connectivity index (χ2n) is 10.9. The van der Waals surface area contributed by atoms with Gasteiger partial charge in [0.05, 0.1) is 12.2 Å². The SMILES string of the molecule is CCCCC[C@H](O)/C=C/[C@H]1[C@H](O)CC(=O)[C@@H]1CCCCCCC(=O)Oc1ccc(NC(=O)c2cc(F)cc(F)c2)cc1. The molecule has 0 unspecified atom stereocenters. The van der Waals surface area contributed by atoms with Crippen molar-refractivity contribution in [3.63, 3.8) is 0 Å². The van der Waals surface area contributed by atoms with Gasteiger partial charge in [0.15, 0.2) is 0 Å². The number of ketones is 1. The number of esters is 1. The molecule has 1 aliphatic rings. The number of carbonyl (C=O) groups is 3. The van der Waals surface area contributed by atoms with E-state index in [9.17, 15) is 33.4 Å². The van der Waals surface area contributed by atoms with Crippen LogP contribution in [0.25, 0.3) is 0 Å². The molecule has 9 heteroatoms. The highest BCUT2D eigenvalue weighted by Gasteiger charge is 2.39. The van der Waals surface area contributed by atoms with Crippen LogP contribution in [0, 0.1) is 23.5 Å². The Morgan fingerprint density at radius 2 is 1.71 bits per heavy atom. The van der Waals surface area contributed by atoms with Crippen molar-refractivity contribution in [2.75, 3.05) is 5.32 Å². The van der Waals surface area contributed by atoms with E-state index < -0.39 is 29.7 Å². The number of aliphatic hydroxyl groups is 2. The van der Waals surface area contributed by atoms with Crippen molar-refractivity contribution in [3.8, 4) is 5.75 Å². The number of amides is 1. The Labute approximate surface area is 246 Å². The van der Waals surface area contributed by atoms with E-state index in [2.05, 4.69) is 12.2 Å². The summed E-state index contributed by atoms with van der Waals surface area (Å²) in [7, 11) is 0. The predicted octanol–water partition coefficient (Wildman–Crippen LogP) is 6.53. The molecule has 1 amide bonds. The third-order valence-electron chi connectivity index (χ3n) is 7.51. The monoisotopic (exact) mass is 585 g/mol. The van der Waals surface area contributed by atoms with E-state index in [0.29, 0.717) is 36.8 Å². The van der Waals surface area contributed by atoms with Gasteiger partial charge in [-0.1, -0.05) is 57.6 Å². The molecule has 2 aromatic carbocycles. The Hall–Kier alpha value is -3.43. The number of carbonyl (C=O) groups excluding carboxylic acids is 3. The third kappa shape index (κ3) is 10.8. The van der Waals surface area contributed by atoms with Crippen LogP contribution < -0.4 is 10.1 Å². The quantitative estimate of drug-likeness (QED) is 0.0894. The van der Waals surface area contributed by atoms with E-state index >= 15 is 0 Å². The first-order valence-corrected chi connectivity index (χ1v) is 14.8. The Balaban J connectivity index is 1.34. The molecule has 0 radical (unpaired) electrons. The average Bonchev–Trinajstić information content (AvgIpc) is 3.21. The first kappa shape index (κ1) is 33.1. The number of Topliss-reactive ketones (excluding diaryl/α,β-unsaturated/α-hetero) is 1. The maximum Gasteiger partial charge on any atom is 0.311 e. The van der Waals surface area contributed by atoms with Gasteiger partial charge in [0, 0.05) is 42.0 Å². The van der Waals surface area contributed by atoms with Crippen LogP contribution in [0.15, 0.2) is 54.6 Å². The van der Waals surface area contributed by atoms with Gasteiger partial charge < -0.3 is 20.3 Å². The lowest BCUT2D eigenvalue weighted by Gasteiger charge is -2.18. The standard InChI is InChI=1S/C33H41F2NO6/c1-2-3-6-9-26(37)14-17-29-28(30(38)21-31(29)39)10-7-4-5-8-11-32(40)42-27-15-12-25(13-16-27)36-33(41)22-18-23(34)20-24(35)19-22/h12-20,26,28-29,31,37,39H,2-11,21H2,1H3,(H,36,41)/b17-14+/t26-,28+,29+,31+/m0/s1. The first-order valence-electron chi connectivity index (χ1n) is 14.8. The average molecular weight is 586 g/mol. The number of hydrogen-bond donors (Lipinski definition) is 3. The molecule has 3 rings (SSSR count). The summed E-state index contributed by atoms with van der Waals surface area (Å²) in [5, 5.41) is 23.0. The second-order valence-corrected chi connectivity index (χ2v) is 10.9. The molecule has 0 saturated heterocycles. The van der Waals surface area contributed by atoms with E-state index in [0.717, 1.165) is 50.7 Å². The minimum absolute atomic E-state index is 0.0645. The topological polar surface area (TPSA) is 113 Å². The van der Waals surface area contributed by atoms with Gasteiger partial charge in [0.1, 0.15) is 23.2 Å². The van der Waals surface area contributed by atoms with Crippen LogP contribution in [0.4, 0.5) is 14.5 Å². The Bertz CT molecular complexity index is 1200. The third-order valence-corrected chi connectivity index (χ3v) is 7.51. The highest BCUT2D eigenvalue weighted by molar-refractivity contribution is 6.04. The fourth-order valence-electron chi connectivity index (χ4n) is 5.21. The summed E-state index contributed by atoms with van der Waals surface area (Å²) >= 11 is 0. The number of nitrogens with one attached hydrogen (secondary N) is 1. The molecular weight excluding hydrogens is 544 g/mol. The molecule has 1 aliphatic carbocycles. The number of ether oxygens (including phenoxy) is 1. The van der Waals surface area contributed by atoms with E-state index in [1.165, 1.54) is 24.3 Å². The van der Waals surface area contributed by atoms with Crippen LogP contribution in [0.5, 0.6) is 5.75 Å². The molecule has 228 valence electrons. The van der Waals surface area contributed by atoms with Crippen LogP contribution in [-0.4, -0.2) is 40.1 Å². The summed E-state index contributed by atoms with van der Waals surface area (Å²) in [5.74, 6) is -2.90. The number of anilines is 1. The fraction of sp³-hybridized carbons (Fsp3) is 0.485. The zero-order valence-corrected chi connectivity index (χ0v) is 24.1. The van der Waals surface area contributed by atoms with Gasteiger partial charge >= 0.3 is 5.97 Å². The molecule has 0 bridgehead atoms. The van der Waals surface area contributed by atoms with E-state index in [1.54, 1.807) is 6.08 Å². The summed E-state index contributed by atoms with van der Waals surface area (Å²) in [6.45, 7) is 2.11. The smallest absolute Gasteiger partial charge is 0.311 e. The van der Waals surface area contributed by atoms with Gasteiger partial charge in [0.2, 0.25) is 0 Å². The summed E-state index contributed by atoms with van der Waals surface area (Å²) < 4.78 is 32.0. The Kier molecular flexibility index (Phi) is 13.3. The van der Waals surface area contributed by atoms with E-state index in [-0.39, 0.29) is 42.0 Å². The molecule has 2 aromatic rings. The van der Waals surface area contributed by atoms with Crippen LogP contribution in [-0.2, 0) is 9.59 Å². The van der Waals surface area contributed by atoms with E-state index in [4.69, 9.17) is 4.74 Å². The number of halogens is 2. The zero-order valence-electron chi connectivity index (χ0n) is 24.1. The van der Waals surface area contributed by atoms with Crippen molar-refractivity contribution in [2.24, 2.45) is 11.8 Å². The molecule has 0 aromatic heterocycles. The maximum atomic E-state index is 13.3. The lowest BCUT2D eigenvalue weighted by Crippen LogP contribution is -2.19.